The molecule has 0 fully saturated rings. The van der Waals surface area contributed by atoms with Gasteiger partial charge in [0.05, 0.1) is 26.4 Å². The summed E-state index contributed by atoms with van der Waals surface area (Å²) < 4.78 is 22.4. The van der Waals surface area contributed by atoms with E-state index in [9.17, 15) is 10.2 Å². The van der Waals surface area contributed by atoms with Gasteiger partial charge in [-0.25, -0.2) is 0 Å². The molecule has 4 atom stereocenters. The van der Waals surface area contributed by atoms with Crippen LogP contribution in [0, 0.1) is 0 Å². The molecule has 2 N–H and O–H groups in total. The molecular formula is C25H34O6. The minimum Gasteiger partial charge on any atom is -0.387 e. The van der Waals surface area contributed by atoms with Crippen LogP contribution in [0.4, 0.5) is 0 Å². The van der Waals surface area contributed by atoms with Gasteiger partial charge in [0.1, 0.15) is 23.9 Å². The molecule has 2 aromatic carbocycles. The fourth-order valence-corrected chi connectivity index (χ4v) is 3.39. The predicted octanol–water partition coefficient (Wildman–Crippen LogP) is 3.12. The van der Waals surface area contributed by atoms with Crippen molar-refractivity contribution in [3.05, 3.63) is 83.9 Å². The van der Waals surface area contributed by atoms with Crippen LogP contribution in [0.2, 0.25) is 0 Å². The maximum atomic E-state index is 11.4. The molecule has 170 valence electrons. The summed E-state index contributed by atoms with van der Waals surface area (Å²) in [5, 5.41) is 22.5. The van der Waals surface area contributed by atoms with E-state index in [0.29, 0.717) is 18.8 Å². The molecule has 0 amide bonds. The van der Waals surface area contributed by atoms with Crippen molar-refractivity contribution in [2.75, 3.05) is 27.4 Å². The zero-order valence-electron chi connectivity index (χ0n) is 18.6. The van der Waals surface area contributed by atoms with E-state index in [0.717, 1.165) is 11.1 Å². The summed E-state index contributed by atoms with van der Waals surface area (Å²) in [6, 6.07) is 19.4. The highest BCUT2D eigenvalue weighted by molar-refractivity contribution is 5.19. The molecule has 2 aromatic rings. The standard InChI is InChI=1S/C25H34O6/c1-19(2)25(27,23(29-4)18-31-16-21-13-9-6-10-14-21)24(26)22(28-3)17-30-15-20-11-7-5-8-12-20/h5-14,22-24,26-27H,1,15-18H2,2-4H3/t22-,23-,24-,25-/m1/s1. The molecule has 0 aliphatic heterocycles. The Balaban J connectivity index is 2.02. The first-order valence-corrected chi connectivity index (χ1v) is 10.3. The van der Waals surface area contributed by atoms with Crippen LogP contribution in [0.1, 0.15) is 18.1 Å². The summed E-state index contributed by atoms with van der Waals surface area (Å²) in [6.07, 6.45) is -2.98. The third kappa shape index (κ3) is 6.97. The molecule has 0 saturated heterocycles. The molecule has 0 spiro atoms. The normalized spacial score (nSPS) is 16.3. The predicted molar refractivity (Wildman–Crippen MR) is 120 cm³/mol. The number of aliphatic hydroxyl groups is 2. The molecule has 0 unspecified atom stereocenters. The van der Waals surface area contributed by atoms with E-state index in [2.05, 4.69) is 6.58 Å². The lowest BCUT2D eigenvalue weighted by molar-refractivity contribution is -0.192. The zero-order valence-corrected chi connectivity index (χ0v) is 18.6. The molecule has 0 aliphatic rings. The summed E-state index contributed by atoms with van der Waals surface area (Å²) in [5.74, 6) is 0. The minimum absolute atomic E-state index is 0.0626. The second kappa shape index (κ2) is 12.7. The minimum atomic E-state index is -1.79. The van der Waals surface area contributed by atoms with E-state index in [1.165, 1.54) is 14.2 Å². The lowest BCUT2D eigenvalue weighted by Crippen LogP contribution is -2.60. The van der Waals surface area contributed by atoms with Crippen molar-refractivity contribution in [2.24, 2.45) is 0 Å². The number of ether oxygens (including phenoxy) is 4. The van der Waals surface area contributed by atoms with E-state index in [-0.39, 0.29) is 13.2 Å². The van der Waals surface area contributed by atoms with Crippen LogP contribution in [0.25, 0.3) is 0 Å². The van der Waals surface area contributed by atoms with Crippen LogP contribution < -0.4 is 0 Å². The van der Waals surface area contributed by atoms with Crippen molar-refractivity contribution in [1.29, 1.82) is 0 Å². The van der Waals surface area contributed by atoms with Crippen LogP contribution in [0.5, 0.6) is 0 Å². The van der Waals surface area contributed by atoms with Gasteiger partial charge in [-0.1, -0.05) is 67.2 Å². The molecule has 31 heavy (non-hydrogen) atoms. The van der Waals surface area contributed by atoms with Gasteiger partial charge >= 0.3 is 0 Å². The first-order valence-electron chi connectivity index (χ1n) is 10.3. The van der Waals surface area contributed by atoms with Gasteiger partial charge in [0.25, 0.3) is 0 Å². The first-order chi connectivity index (χ1) is 14.9. The second-order valence-corrected chi connectivity index (χ2v) is 7.55. The molecule has 0 aliphatic carbocycles. The molecule has 0 saturated carbocycles. The number of rotatable bonds is 14. The zero-order chi connectivity index (χ0) is 22.7. The molecule has 6 nitrogen and oxygen atoms in total. The summed E-state index contributed by atoms with van der Waals surface area (Å²) >= 11 is 0. The van der Waals surface area contributed by atoms with Crippen LogP contribution in [-0.2, 0) is 32.2 Å². The number of methoxy groups -OCH3 is 2. The number of hydrogen-bond donors (Lipinski definition) is 2. The first kappa shape index (κ1) is 25.2. The molecule has 0 aromatic heterocycles. The highest BCUT2D eigenvalue weighted by Gasteiger charge is 2.48. The Labute approximate surface area is 185 Å². The molecule has 6 heteroatoms. The Morgan fingerprint density at radius 3 is 1.77 bits per heavy atom. The summed E-state index contributed by atoms with van der Waals surface area (Å²) in [7, 11) is 2.93. The van der Waals surface area contributed by atoms with Crippen LogP contribution in [-0.4, -0.2) is 61.6 Å². The van der Waals surface area contributed by atoms with Gasteiger partial charge < -0.3 is 29.2 Å². The number of hydrogen-bond acceptors (Lipinski definition) is 6. The fourth-order valence-electron chi connectivity index (χ4n) is 3.39. The van der Waals surface area contributed by atoms with Crippen molar-refractivity contribution < 1.29 is 29.2 Å². The SMILES string of the molecule is C=C(C)[C@](O)([C@H](O)[C@@H](COCc1ccccc1)OC)[C@@H](COCc1ccccc1)OC. The van der Waals surface area contributed by atoms with Crippen molar-refractivity contribution in [2.45, 2.75) is 44.1 Å². The number of aliphatic hydroxyl groups excluding tert-OH is 1. The van der Waals surface area contributed by atoms with E-state index < -0.39 is 23.9 Å². The van der Waals surface area contributed by atoms with E-state index in [1.54, 1.807) is 6.92 Å². The average Bonchev–Trinajstić information content (AvgIpc) is 2.80. The van der Waals surface area contributed by atoms with E-state index in [1.807, 2.05) is 60.7 Å². The number of benzene rings is 2. The third-order valence-corrected chi connectivity index (χ3v) is 5.34. The van der Waals surface area contributed by atoms with Crippen molar-refractivity contribution in [1.82, 2.24) is 0 Å². The van der Waals surface area contributed by atoms with Gasteiger partial charge in [-0.05, 0) is 23.6 Å². The second-order valence-electron chi connectivity index (χ2n) is 7.55. The van der Waals surface area contributed by atoms with Gasteiger partial charge in [0.15, 0.2) is 0 Å². The van der Waals surface area contributed by atoms with Gasteiger partial charge in [-0.3, -0.25) is 0 Å². The fraction of sp³-hybridized carbons (Fsp3) is 0.440. The van der Waals surface area contributed by atoms with Gasteiger partial charge in [0, 0.05) is 14.2 Å². The molecule has 0 bridgehead atoms. The van der Waals surface area contributed by atoms with Crippen LogP contribution >= 0.6 is 0 Å². The van der Waals surface area contributed by atoms with Crippen LogP contribution in [0.3, 0.4) is 0 Å². The van der Waals surface area contributed by atoms with Crippen molar-refractivity contribution >= 4 is 0 Å². The lowest BCUT2D eigenvalue weighted by Gasteiger charge is -2.41. The maximum absolute atomic E-state index is 11.4. The molecular weight excluding hydrogens is 396 g/mol. The summed E-state index contributed by atoms with van der Waals surface area (Å²) in [6.45, 7) is 6.40. The largest absolute Gasteiger partial charge is 0.387 e. The smallest absolute Gasteiger partial charge is 0.142 e. The van der Waals surface area contributed by atoms with Crippen molar-refractivity contribution in [3.63, 3.8) is 0 Å². The summed E-state index contributed by atoms with van der Waals surface area (Å²) in [5.41, 5.74) is 0.564. The Morgan fingerprint density at radius 1 is 0.871 bits per heavy atom. The van der Waals surface area contributed by atoms with Crippen LogP contribution in [0.15, 0.2) is 72.8 Å². The topological polar surface area (TPSA) is 77.4 Å². The van der Waals surface area contributed by atoms with E-state index in [4.69, 9.17) is 18.9 Å². The highest BCUT2D eigenvalue weighted by Crippen LogP contribution is 2.30. The van der Waals surface area contributed by atoms with Crippen molar-refractivity contribution in [3.8, 4) is 0 Å². The van der Waals surface area contributed by atoms with Gasteiger partial charge in [-0.15, -0.1) is 0 Å². The Bertz CT molecular complexity index is 766. The Kier molecular flexibility index (Phi) is 10.3. The van der Waals surface area contributed by atoms with Gasteiger partial charge in [0.2, 0.25) is 0 Å². The highest BCUT2D eigenvalue weighted by atomic mass is 16.6. The average molecular weight is 431 g/mol. The third-order valence-electron chi connectivity index (χ3n) is 5.34. The maximum Gasteiger partial charge on any atom is 0.142 e. The quantitative estimate of drug-likeness (QED) is 0.449. The Hall–Kier alpha value is -2.06. The molecule has 0 radical (unpaired) electrons. The lowest BCUT2D eigenvalue weighted by atomic mass is 9.81. The summed E-state index contributed by atoms with van der Waals surface area (Å²) in [4.78, 5) is 0. The Morgan fingerprint density at radius 2 is 1.35 bits per heavy atom. The van der Waals surface area contributed by atoms with Gasteiger partial charge in [-0.2, -0.15) is 0 Å². The molecule has 0 heterocycles. The van der Waals surface area contributed by atoms with E-state index >= 15 is 0 Å². The monoisotopic (exact) mass is 430 g/mol. The molecule has 2 rings (SSSR count).